The Kier molecular flexibility index (Phi) is 10.4. The Balaban J connectivity index is 2.42. The number of aliphatic hydroxyl groups excluding tert-OH is 1. The summed E-state index contributed by atoms with van der Waals surface area (Å²) in [5.41, 5.74) is 10.3. The van der Waals surface area contributed by atoms with Gasteiger partial charge in [-0.2, -0.15) is 0 Å². The van der Waals surface area contributed by atoms with Gasteiger partial charge in [-0.3, -0.25) is 19.4 Å². The fraction of sp³-hybridized carbons (Fsp3) is 0.688. The summed E-state index contributed by atoms with van der Waals surface area (Å²) >= 11 is 0. The first-order chi connectivity index (χ1) is 13.7. The maximum Gasteiger partial charge on any atom is 0.326 e. The highest BCUT2D eigenvalue weighted by atomic mass is 16.4. The molecule has 0 aromatic heterocycles. The van der Waals surface area contributed by atoms with Crippen molar-refractivity contribution in [2.45, 2.75) is 43.8 Å². The van der Waals surface area contributed by atoms with Gasteiger partial charge >= 0.3 is 5.97 Å². The zero-order valence-corrected chi connectivity index (χ0v) is 16.0. The van der Waals surface area contributed by atoms with E-state index in [0.29, 0.717) is 19.4 Å². The molecule has 1 rings (SSSR count). The second-order valence-corrected chi connectivity index (χ2v) is 6.52. The summed E-state index contributed by atoms with van der Waals surface area (Å²) < 4.78 is 0. The molecule has 1 aliphatic rings. The second-order valence-electron chi connectivity index (χ2n) is 6.52. The van der Waals surface area contributed by atoms with Crippen LogP contribution in [0.15, 0.2) is 4.99 Å². The third-order valence-corrected chi connectivity index (χ3v) is 4.19. The number of amides is 3. The van der Waals surface area contributed by atoms with Gasteiger partial charge in [0.05, 0.1) is 19.2 Å². The fourth-order valence-electron chi connectivity index (χ4n) is 2.67. The van der Waals surface area contributed by atoms with Gasteiger partial charge in [-0.05, 0) is 32.2 Å². The standard InChI is InChI=1S/C16H29N7O6/c17-16(18)20-6-2-4-10(15(28)29)22-12(25)7-21-13(26)11(8-24)23-14(27)9-3-1-5-19-9/h9-11,19,24H,1-8H2,(H,21,26)(H,22,25)(H,23,27)(H,28,29)(H4,17,18,20). The molecule has 13 nitrogen and oxygen atoms in total. The molecule has 0 saturated carbocycles. The third-order valence-electron chi connectivity index (χ3n) is 4.19. The number of aliphatic carboxylic acids is 1. The van der Waals surface area contributed by atoms with Crippen molar-refractivity contribution >= 4 is 29.7 Å². The second kappa shape index (κ2) is 12.5. The molecule has 0 spiro atoms. The number of carbonyl (C=O) groups excluding carboxylic acids is 3. The molecule has 3 atom stereocenters. The van der Waals surface area contributed by atoms with Gasteiger partial charge in [0, 0.05) is 6.54 Å². The molecular weight excluding hydrogens is 386 g/mol. The van der Waals surface area contributed by atoms with Crippen LogP contribution in [0.2, 0.25) is 0 Å². The molecule has 0 bridgehead atoms. The number of nitrogens with one attached hydrogen (secondary N) is 4. The molecule has 164 valence electrons. The van der Waals surface area contributed by atoms with E-state index >= 15 is 0 Å². The number of nitrogens with two attached hydrogens (primary N) is 2. The van der Waals surface area contributed by atoms with Crippen LogP contribution in [-0.4, -0.2) is 84.2 Å². The first-order valence-electron chi connectivity index (χ1n) is 9.24. The minimum absolute atomic E-state index is 0.0928. The average molecular weight is 415 g/mol. The molecule has 1 saturated heterocycles. The van der Waals surface area contributed by atoms with Gasteiger partial charge in [-0.1, -0.05) is 0 Å². The molecule has 1 heterocycles. The van der Waals surface area contributed by atoms with Gasteiger partial charge in [-0.25, -0.2) is 4.79 Å². The molecule has 0 aliphatic carbocycles. The Bertz CT molecular complexity index is 617. The van der Waals surface area contributed by atoms with Crippen LogP contribution in [0.5, 0.6) is 0 Å². The van der Waals surface area contributed by atoms with E-state index in [9.17, 15) is 24.3 Å². The van der Waals surface area contributed by atoms with Gasteiger partial charge in [0.1, 0.15) is 12.1 Å². The molecule has 29 heavy (non-hydrogen) atoms. The van der Waals surface area contributed by atoms with E-state index in [0.717, 1.165) is 6.42 Å². The summed E-state index contributed by atoms with van der Waals surface area (Å²) in [6.07, 6.45) is 1.89. The lowest BCUT2D eigenvalue weighted by Crippen LogP contribution is -2.54. The number of hydrogen-bond donors (Lipinski definition) is 8. The van der Waals surface area contributed by atoms with Gasteiger partial charge in [0.25, 0.3) is 0 Å². The molecule has 1 fully saturated rings. The predicted molar refractivity (Wildman–Crippen MR) is 103 cm³/mol. The maximum atomic E-state index is 12.1. The molecule has 3 unspecified atom stereocenters. The number of guanidine groups is 1. The van der Waals surface area contributed by atoms with Crippen LogP contribution < -0.4 is 32.7 Å². The van der Waals surface area contributed by atoms with Crippen molar-refractivity contribution in [3.8, 4) is 0 Å². The first kappa shape index (κ1) is 24.1. The van der Waals surface area contributed by atoms with Gasteiger partial charge in [0.15, 0.2) is 5.96 Å². The molecule has 10 N–H and O–H groups in total. The molecule has 0 aromatic rings. The normalized spacial score (nSPS) is 17.6. The zero-order chi connectivity index (χ0) is 21.8. The number of nitrogens with zero attached hydrogens (tertiary/aromatic N) is 1. The molecule has 3 amide bonds. The summed E-state index contributed by atoms with van der Waals surface area (Å²) in [6.45, 7) is -0.240. The Morgan fingerprint density at radius 3 is 2.45 bits per heavy atom. The fourth-order valence-corrected chi connectivity index (χ4v) is 2.67. The van der Waals surface area contributed by atoms with Crippen LogP contribution in [0.1, 0.15) is 25.7 Å². The Labute approximate surface area is 167 Å². The predicted octanol–water partition coefficient (Wildman–Crippen LogP) is -4.05. The van der Waals surface area contributed by atoms with E-state index in [1.165, 1.54) is 0 Å². The van der Waals surface area contributed by atoms with Gasteiger partial charge < -0.3 is 42.9 Å². The summed E-state index contributed by atoms with van der Waals surface area (Å²) in [5, 5.41) is 28.4. The highest BCUT2D eigenvalue weighted by Gasteiger charge is 2.27. The van der Waals surface area contributed by atoms with E-state index in [-0.39, 0.29) is 18.9 Å². The number of hydrogen-bond acceptors (Lipinski definition) is 7. The molecule has 0 radical (unpaired) electrons. The molecule has 13 heteroatoms. The number of rotatable bonds is 12. The number of carboxylic acids is 1. The summed E-state index contributed by atoms with van der Waals surface area (Å²) in [7, 11) is 0. The van der Waals surface area contributed by atoms with E-state index in [2.05, 4.69) is 26.3 Å². The van der Waals surface area contributed by atoms with Crippen LogP contribution in [0.25, 0.3) is 0 Å². The van der Waals surface area contributed by atoms with E-state index in [4.69, 9.17) is 16.6 Å². The van der Waals surface area contributed by atoms with E-state index in [1.807, 2.05) is 0 Å². The Morgan fingerprint density at radius 1 is 1.17 bits per heavy atom. The highest BCUT2D eigenvalue weighted by Crippen LogP contribution is 2.05. The van der Waals surface area contributed by atoms with Crippen LogP contribution in [-0.2, 0) is 19.2 Å². The SMILES string of the molecule is NC(N)=NCCCC(NC(=O)CNC(=O)C(CO)NC(=O)C1CCCN1)C(=O)O. The largest absolute Gasteiger partial charge is 0.480 e. The van der Waals surface area contributed by atoms with Crippen LogP contribution in [0.4, 0.5) is 0 Å². The van der Waals surface area contributed by atoms with Crippen LogP contribution >= 0.6 is 0 Å². The van der Waals surface area contributed by atoms with Crippen molar-refractivity contribution in [1.29, 1.82) is 0 Å². The van der Waals surface area contributed by atoms with Crippen molar-refractivity contribution in [1.82, 2.24) is 21.3 Å². The highest BCUT2D eigenvalue weighted by molar-refractivity contribution is 5.92. The zero-order valence-electron chi connectivity index (χ0n) is 16.0. The maximum absolute atomic E-state index is 12.1. The van der Waals surface area contributed by atoms with E-state index in [1.54, 1.807) is 0 Å². The third kappa shape index (κ3) is 9.21. The summed E-state index contributed by atoms with van der Waals surface area (Å²) in [4.78, 5) is 51.0. The monoisotopic (exact) mass is 415 g/mol. The number of carbonyl (C=O) groups is 4. The Hall–Kier alpha value is -2.93. The lowest BCUT2D eigenvalue weighted by Gasteiger charge is -2.19. The summed E-state index contributed by atoms with van der Waals surface area (Å²) in [6, 6.07) is -2.81. The summed E-state index contributed by atoms with van der Waals surface area (Å²) in [5.74, 6) is -3.24. The van der Waals surface area contributed by atoms with Crippen LogP contribution in [0.3, 0.4) is 0 Å². The van der Waals surface area contributed by atoms with Gasteiger partial charge in [0.2, 0.25) is 17.7 Å². The lowest BCUT2D eigenvalue weighted by molar-refractivity contribution is -0.142. The topological polar surface area (TPSA) is 221 Å². The molecule has 1 aliphatic heterocycles. The molecule has 0 aromatic carbocycles. The van der Waals surface area contributed by atoms with Crippen molar-refractivity contribution < 1.29 is 29.4 Å². The van der Waals surface area contributed by atoms with Crippen molar-refractivity contribution in [2.24, 2.45) is 16.5 Å². The first-order valence-corrected chi connectivity index (χ1v) is 9.24. The van der Waals surface area contributed by atoms with E-state index < -0.39 is 55.0 Å². The number of aliphatic hydroxyl groups is 1. The quantitative estimate of drug-likeness (QED) is 0.0881. The average Bonchev–Trinajstić information content (AvgIpc) is 3.20. The molecular formula is C16H29N7O6. The minimum Gasteiger partial charge on any atom is -0.480 e. The van der Waals surface area contributed by atoms with Gasteiger partial charge in [-0.15, -0.1) is 0 Å². The van der Waals surface area contributed by atoms with Crippen molar-refractivity contribution in [2.75, 3.05) is 26.2 Å². The number of aliphatic imine (C=N–C) groups is 1. The lowest BCUT2D eigenvalue weighted by atomic mass is 10.1. The van der Waals surface area contributed by atoms with Crippen molar-refractivity contribution in [3.05, 3.63) is 0 Å². The van der Waals surface area contributed by atoms with Crippen LogP contribution in [0, 0.1) is 0 Å². The minimum atomic E-state index is -1.24. The van der Waals surface area contributed by atoms with Crippen molar-refractivity contribution in [3.63, 3.8) is 0 Å². The number of carboxylic acid groups (broad SMARTS) is 1. The Morgan fingerprint density at radius 2 is 1.90 bits per heavy atom. The smallest absolute Gasteiger partial charge is 0.326 e.